The molecule has 3 heteroatoms. The topological polar surface area (TPSA) is 41.6 Å². The van der Waals surface area contributed by atoms with Crippen LogP contribution in [0.1, 0.15) is 22.4 Å². The molecule has 1 N–H and O–H groups in total. The molecule has 0 radical (unpaired) electrons. The molecule has 2 rings (SSSR count). The third-order valence-electron chi connectivity index (χ3n) is 2.83. The molecule has 0 aliphatic rings. The minimum absolute atomic E-state index is 0.945. The average Bonchev–Trinajstić information content (AvgIpc) is 2.73. The summed E-state index contributed by atoms with van der Waals surface area (Å²) in [4.78, 5) is 0. The third-order valence-corrected chi connectivity index (χ3v) is 2.83. The smallest absolute Gasteiger partial charge is 0.0828 e. The number of aromatic nitrogens is 3. The summed E-state index contributed by atoms with van der Waals surface area (Å²) in [7, 11) is 0. The molecule has 1 aromatic heterocycles. The molecular formula is C12H15N3. The van der Waals surface area contributed by atoms with Gasteiger partial charge in [-0.3, -0.25) is 0 Å². The lowest BCUT2D eigenvalue weighted by Crippen LogP contribution is -1.96. The summed E-state index contributed by atoms with van der Waals surface area (Å²) in [6.45, 7) is 4.32. The first-order valence-electron chi connectivity index (χ1n) is 5.17. The van der Waals surface area contributed by atoms with E-state index in [0.29, 0.717) is 0 Å². The van der Waals surface area contributed by atoms with E-state index in [1.54, 1.807) is 6.20 Å². The van der Waals surface area contributed by atoms with Crippen molar-refractivity contribution in [1.29, 1.82) is 0 Å². The van der Waals surface area contributed by atoms with E-state index in [-0.39, 0.29) is 0 Å². The van der Waals surface area contributed by atoms with Crippen molar-refractivity contribution in [1.82, 2.24) is 15.4 Å². The Hall–Kier alpha value is -1.64. The lowest BCUT2D eigenvalue weighted by atomic mass is 9.99. The van der Waals surface area contributed by atoms with Gasteiger partial charge in [0.25, 0.3) is 0 Å². The number of benzene rings is 1. The Morgan fingerprint density at radius 3 is 2.80 bits per heavy atom. The van der Waals surface area contributed by atoms with Crippen molar-refractivity contribution in [2.75, 3.05) is 0 Å². The molecule has 15 heavy (non-hydrogen) atoms. The molecule has 2 aromatic rings. The van der Waals surface area contributed by atoms with E-state index in [1.807, 2.05) is 0 Å². The zero-order chi connectivity index (χ0) is 10.7. The van der Waals surface area contributed by atoms with E-state index in [9.17, 15) is 0 Å². The molecule has 0 atom stereocenters. The van der Waals surface area contributed by atoms with Crippen molar-refractivity contribution in [3.05, 3.63) is 46.8 Å². The second-order valence-corrected chi connectivity index (χ2v) is 3.82. The minimum Gasteiger partial charge on any atom is -0.198 e. The zero-order valence-corrected chi connectivity index (χ0v) is 9.12. The molecule has 0 amide bonds. The molecule has 0 unspecified atom stereocenters. The van der Waals surface area contributed by atoms with Gasteiger partial charge in [-0.1, -0.05) is 18.2 Å². The van der Waals surface area contributed by atoms with E-state index in [1.165, 1.54) is 16.7 Å². The molecule has 0 fully saturated rings. The van der Waals surface area contributed by atoms with Crippen LogP contribution in [0.4, 0.5) is 0 Å². The highest BCUT2D eigenvalue weighted by atomic mass is 15.3. The number of aromatic amines is 1. The van der Waals surface area contributed by atoms with Crippen LogP contribution >= 0.6 is 0 Å². The molecule has 1 heterocycles. The van der Waals surface area contributed by atoms with Crippen LogP contribution in [0.15, 0.2) is 24.4 Å². The predicted molar refractivity (Wildman–Crippen MR) is 59.7 cm³/mol. The van der Waals surface area contributed by atoms with Crippen molar-refractivity contribution in [3.63, 3.8) is 0 Å². The molecule has 0 saturated carbocycles. The second-order valence-electron chi connectivity index (χ2n) is 3.82. The summed E-state index contributed by atoms with van der Waals surface area (Å²) in [6.07, 6.45) is 3.76. The first-order valence-corrected chi connectivity index (χ1v) is 5.17. The quantitative estimate of drug-likeness (QED) is 0.827. The van der Waals surface area contributed by atoms with Crippen LogP contribution in [-0.4, -0.2) is 15.4 Å². The summed E-state index contributed by atoms with van der Waals surface area (Å²) in [5.74, 6) is 0. The summed E-state index contributed by atoms with van der Waals surface area (Å²) in [5.41, 5.74) is 5.17. The van der Waals surface area contributed by atoms with Gasteiger partial charge in [-0.25, -0.2) is 0 Å². The van der Waals surface area contributed by atoms with Gasteiger partial charge in [-0.15, -0.1) is 0 Å². The molecule has 0 aliphatic heterocycles. The van der Waals surface area contributed by atoms with Crippen molar-refractivity contribution < 1.29 is 0 Å². The second kappa shape index (κ2) is 4.26. The SMILES string of the molecule is Cc1cccc(CCc2cn[nH]n2)c1C. The Balaban J connectivity index is 2.08. The first kappa shape index (κ1) is 9.90. The number of rotatable bonds is 3. The average molecular weight is 201 g/mol. The fourth-order valence-electron chi connectivity index (χ4n) is 1.69. The number of hydrogen-bond donors (Lipinski definition) is 1. The van der Waals surface area contributed by atoms with Crippen LogP contribution < -0.4 is 0 Å². The van der Waals surface area contributed by atoms with E-state index in [4.69, 9.17) is 0 Å². The maximum absolute atomic E-state index is 4.05. The molecule has 1 aromatic carbocycles. The van der Waals surface area contributed by atoms with Crippen molar-refractivity contribution in [2.45, 2.75) is 26.7 Å². The van der Waals surface area contributed by atoms with E-state index >= 15 is 0 Å². The van der Waals surface area contributed by atoms with Gasteiger partial charge in [-0.2, -0.15) is 15.4 Å². The summed E-state index contributed by atoms with van der Waals surface area (Å²) >= 11 is 0. The van der Waals surface area contributed by atoms with E-state index in [0.717, 1.165) is 18.5 Å². The van der Waals surface area contributed by atoms with Crippen LogP contribution in [0.3, 0.4) is 0 Å². The zero-order valence-electron chi connectivity index (χ0n) is 9.12. The molecular weight excluding hydrogens is 186 g/mol. The Labute approximate surface area is 89.5 Å². The van der Waals surface area contributed by atoms with Crippen LogP contribution in [0.2, 0.25) is 0 Å². The van der Waals surface area contributed by atoms with Gasteiger partial charge >= 0.3 is 0 Å². The van der Waals surface area contributed by atoms with Crippen molar-refractivity contribution in [2.24, 2.45) is 0 Å². The Morgan fingerprint density at radius 2 is 2.07 bits per heavy atom. The predicted octanol–water partition coefficient (Wildman–Crippen LogP) is 2.21. The highest BCUT2D eigenvalue weighted by Crippen LogP contribution is 2.14. The number of hydrogen-bond acceptors (Lipinski definition) is 2. The summed E-state index contributed by atoms with van der Waals surface area (Å²) < 4.78 is 0. The molecule has 0 aliphatic carbocycles. The van der Waals surface area contributed by atoms with Crippen LogP contribution in [0, 0.1) is 13.8 Å². The standard InChI is InChI=1S/C12H15N3/c1-9-4-3-5-11(10(9)2)6-7-12-8-13-15-14-12/h3-5,8H,6-7H2,1-2H3,(H,13,14,15). The maximum atomic E-state index is 4.05. The maximum Gasteiger partial charge on any atom is 0.0828 e. The third kappa shape index (κ3) is 2.24. The van der Waals surface area contributed by atoms with Gasteiger partial charge < -0.3 is 0 Å². The van der Waals surface area contributed by atoms with Crippen LogP contribution in [0.5, 0.6) is 0 Å². The summed E-state index contributed by atoms with van der Waals surface area (Å²) in [6, 6.07) is 6.44. The fourth-order valence-corrected chi connectivity index (χ4v) is 1.69. The number of nitrogens with zero attached hydrogens (tertiary/aromatic N) is 2. The Morgan fingerprint density at radius 1 is 1.20 bits per heavy atom. The number of H-pyrrole nitrogens is 1. The Kier molecular flexibility index (Phi) is 2.81. The largest absolute Gasteiger partial charge is 0.198 e. The van der Waals surface area contributed by atoms with Gasteiger partial charge in [0.15, 0.2) is 0 Å². The molecule has 0 saturated heterocycles. The van der Waals surface area contributed by atoms with E-state index < -0.39 is 0 Å². The lowest BCUT2D eigenvalue weighted by molar-refractivity contribution is 0.867. The molecule has 3 nitrogen and oxygen atoms in total. The number of aryl methyl sites for hydroxylation is 3. The van der Waals surface area contributed by atoms with Crippen LogP contribution in [0.25, 0.3) is 0 Å². The fraction of sp³-hybridized carbons (Fsp3) is 0.333. The van der Waals surface area contributed by atoms with E-state index in [2.05, 4.69) is 47.5 Å². The van der Waals surface area contributed by atoms with Crippen LogP contribution in [-0.2, 0) is 12.8 Å². The van der Waals surface area contributed by atoms with Gasteiger partial charge in [0.2, 0.25) is 0 Å². The molecule has 0 spiro atoms. The lowest BCUT2D eigenvalue weighted by Gasteiger charge is -2.06. The highest BCUT2D eigenvalue weighted by molar-refractivity contribution is 5.33. The monoisotopic (exact) mass is 201 g/mol. The Bertz CT molecular complexity index is 432. The molecule has 78 valence electrons. The normalized spacial score (nSPS) is 10.5. The number of nitrogens with one attached hydrogen (secondary N) is 1. The summed E-state index contributed by atoms with van der Waals surface area (Å²) in [5, 5.41) is 10.5. The van der Waals surface area contributed by atoms with Gasteiger partial charge in [0.05, 0.1) is 11.9 Å². The van der Waals surface area contributed by atoms with Gasteiger partial charge in [0, 0.05) is 0 Å². The highest BCUT2D eigenvalue weighted by Gasteiger charge is 2.02. The van der Waals surface area contributed by atoms with Gasteiger partial charge in [0.1, 0.15) is 0 Å². The van der Waals surface area contributed by atoms with Gasteiger partial charge in [-0.05, 0) is 43.4 Å². The first-order chi connectivity index (χ1) is 7.27. The minimum atomic E-state index is 0.945. The van der Waals surface area contributed by atoms with Crippen molar-refractivity contribution >= 4 is 0 Å². The van der Waals surface area contributed by atoms with Crippen molar-refractivity contribution in [3.8, 4) is 0 Å². The molecule has 0 bridgehead atoms.